The van der Waals surface area contributed by atoms with E-state index in [2.05, 4.69) is 19.0 Å². The molecule has 1 fully saturated rings. The van der Waals surface area contributed by atoms with Gasteiger partial charge in [0.2, 0.25) is 5.91 Å². The number of nitrogens with zero attached hydrogens (tertiary/aromatic N) is 3. The van der Waals surface area contributed by atoms with E-state index in [0.717, 1.165) is 32.5 Å². The molecule has 2 heterocycles. The summed E-state index contributed by atoms with van der Waals surface area (Å²) >= 11 is 0. The lowest BCUT2D eigenvalue weighted by molar-refractivity contribution is -0.133. The fourth-order valence-corrected chi connectivity index (χ4v) is 2.87. The summed E-state index contributed by atoms with van der Waals surface area (Å²) in [6.45, 7) is 2.69. The molecule has 0 aromatic carbocycles. The zero-order chi connectivity index (χ0) is 15.4. The smallest absolute Gasteiger partial charge is 0.352 e. The Balaban J connectivity index is 1.88. The molecule has 2 rings (SSSR count). The Bertz CT molecular complexity index is 502. The molecule has 0 radical (unpaired) electrons. The number of carbonyl (C=O) groups excluding carboxylic acids is 1. The number of hydrogen-bond donors (Lipinski definition) is 1. The van der Waals surface area contributed by atoms with Crippen molar-refractivity contribution in [3.05, 3.63) is 24.0 Å². The van der Waals surface area contributed by atoms with E-state index in [-0.39, 0.29) is 18.1 Å². The molecule has 0 saturated carbocycles. The number of carboxylic acids is 1. The molecule has 1 aromatic heterocycles. The predicted molar refractivity (Wildman–Crippen MR) is 79.2 cm³/mol. The highest BCUT2D eigenvalue weighted by atomic mass is 16.4. The maximum Gasteiger partial charge on any atom is 0.352 e. The van der Waals surface area contributed by atoms with Crippen molar-refractivity contribution in [1.29, 1.82) is 0 Å². The fourth-order valence-electron chi connectivity index (χ4n) is 2.87. The average Bonchev–Trinajstić information content (AvgIpc) is 2.87. The van der Waals surface area contributed by atoms with Crippen LogP contribution in [0.1, 0.15) is 23.3 Å². The third-order valence-electron chi connectivity index (χ3n) is 3.94. The summed E-state index contributed by atoms with van der Waals surface area (Å²) in [5, 5.41) is 9.05. The van der Waals surface area contributed by atoms with Crippen LogP contribution < -0.4 is 0 Å². The molecule has 1 aliphatic rings. The van der Waals surface area contributed by atoms with Crippen LogP contribution in [0.25, 0.3) is 0 Å². The molecule has 1 aliphatic heterocycles. The minimum Gasteiger partial charge on any atom is -0.477 e. The molecule has 0 aliphatic carbocycles. The SMILES string of the molecule is CN(C)CC1CCN(C(=O)Cn2cccc2C(=O)O)CC1. The van der Waals surface area contributed by atoms with Crippen LogP contribution in [-0.4, -0.2) is 65.1 Å². The number of likely N-dealkylation sites (tertiary alicyclic amines) is 1. The molecule has 0 bridgehead atoms. The van der Waals surface area contributed by atoms with Gasteiger partial charge in [0.25, 0.3) is 0 Å². The summed E-state index contributed by atoms with van der Waals surface area (Å²) in [5.74, 6) is -0.361. The van der Waals surface area contributed by atoms with E-state index in [1.807, 2.05) is 4.90 Å². The first-order chi connectivity index (χ1) is 9.97. The number of rotatable bonds is 5. The van der Waals surface area contributed by atoms with Gasteiger partial charge in [-0.1, -0.05) is 0 Å². The van der Waals surface area contributed by atoms with Crippen molar-refractivity contribution in [3.8, 4) is 0 Å². The van der Waals surface area contributed by atoms with Gasteiger partial charge in [-0.25, -0.2) is 4.79 Å². The number of amides is 1. The van der Waals surface area contributed by atoms with Crippen molar-refractivity contribution in [1.82, 2.24) is 14.4 Å². The van der Waals surface area contributed by atoms with Crippen LogP contribution in [0.5, 0.6) is 0 Å². The van der Waals surface area contributed by atoms with Gasteiger partial charge >= 0.3 is 5.97 Å². The molecule has 6 nitrogen and oxygen atoms in total. The Morgan fingerprint density at radius 2 is 2.00 bits per heavy atom. The maximum atomic E-state index is 12.3. The van der Waals surface area contributed by atoms with Crippen LogP contribution >= 0.6 is 0 Å². The number of aromatic nitrogens is 1. The van der Waals surface area contributed by atoms with Gasteiger partial charge < -0.3 is 19.5 Å². The summed E-state index contributed by atoms with van der Waals surface area (Å²) in [4.78, 5) is 27.3. The van der Waals surface area contributed by atoms with Crippen LogP contribution in [0, 0.1) is 5.92 Å². The van der Waals surface area contributed by atoms with Crippen LogP contribution in [0.4, 0.5) is 0 Å². The Morgan fingerprint density at radius 3 is 2.57 bits per heavy atom. The summed E-state index contributed by atoms with van der Waals surface area (Å²) in [7, 11) is 4.13. The average molecular weight is 293 g/mol. The first-order valence-electron chi connectivity index (χ1n) is 7.28. The molecule has 1 saturated heterocycles. The van der Waals surface area contributed by atoms with Gasteiger partial charge in [0.1, 0.15) is 12.2 Å². The van der Waals surface area contributed by atoms with E-state index < -0.39 is 5.97 Å². The lowest BCUT2D eigenvalue weighted by Crippen LogP contribution is -2.42. The number of piperidine rings is 1. The zero-order valence-electron chi connectivity index (χ0n) is 12.7. The van der Waals surface area contributed by atoms with E-state index in [9.17, 15) is 9.59 Å². The summed E-state index contributed by atoms with van der Waals surface area (Å²) in [5.41, 5.74) is 0.158. The predicted octanol–water partition coefficient (Wildman–Crippen LogP) is 0.986. The van der Waals surface area contributed by atoms with Crippen molar-refractivity contribution < 1.29 is 14.7 Å². The Morgan fingerprint density at radius 1 is 1.33 bits per heavy atom. The number of hydrogen-bond acceptors (Lipinski definition) is 3. The Kier molecular flexibility index (Phi) is 5.01. The van der Waals surface area contributed by atoms with Gasteiger partial charge in [-0.15, -0.1) is 0 Å². The zero-order valence-corrected chi connectivity index (χ0v) is 12.7. The van der Waals surface area contributed by atoms with Crippen LogP contribution in [0.2, 0.25) is 0 Å². The topological polar surface area (TPSA) is 65.8 Å². The highest BCUT2D eigenvalue weighted by Gasteiger charge is 2.23. The molecule has 0 unspecified atom stereocenters. The van der Waals surface area contributed by atoms with Crippen LogP contribution in [-0.2, 0) is 11.3 Å². The first kappa shape index (κ1) is 15.6. The van der Waals surface area contributed by atoms with Crippen LogP contribution in [0.15, 0.2) is 18.3 Å². The molecule has 1 amide bonds. The Hall–Kier alpha value is -1.82. The van der Waals surface area contributed by atoms with Gasteiger partial charge in [-0.05, 0) is 45.0 Å². The molecule has 6 heteroatoms. The third kappa shape index (κ3) is 4.07. The monoisotopic (exact) mass is 293 g/mol. The van der Waals surface area contributed by atoms with E-state index >= 15 is 0 Å². The van der Waals surface area contributed by atoms with Crippen LogP contribution in [0.3, 0.4) is 0 Å². The van der Waals surface area contributed by atoms with E-state index in [0.29, 0.717) is 5.92 Å². The van der Waals surface area contributed by atoms with Crippen molar-refractivity contribution in [2.75, 3.05) is 33.7 Å². The highest BCUT2D eigenvalue weighted by molar-refractivity contribution is 5.86. The minimum atomic E-state index is -1.00. The van der Waals surface area contributed by atoms with E-state index in [4.69, 9.17) is 5.11 Å². The summed E-state index contributed by atoms with van der Waals surface area (Å²) in [6, 6.07) is 3.17. The van der Waals surface area contributed by atoms with Crippen molar-refractivity contribution in [3.63, 3.8) is 0 Å². The summed E-state index contributed by atoms with van der Waals surface area (Å²) in [6.07, 6.45) is 3.67. The van der Waals surface area contributed by atoms with Gasteiger partial charge in [0.05, 0.1) is 0 Å². The molecule has 0 atom stereocenters. The number of carboxylic acid groups (broad SMARTS) is 1. The van der Waals surface area contributed by atoms with Gasteiger partial charge in [0, 0.05) is 25.8 Å². The highest BCUT2D eigenvalue weighted by Crippen LogP contribution is 2.18. The molecule has 21 heavy (non-hydrogen) atoms. The van der Waals surface area contributed by atoms with Crippen molar-refractivity contribution in [2.24, 2.45) is 5.92 Å². The number of carbonyl (C=O) groups is 2. The van der Waals surface area contributed by atoms with E-state index in [1.54, 1.807) is 12.3 Å². The Labute approximate surface area is 124 Å². The maximum absolute atomic E-state index is 12.3. The quantitative estimate of drug-likeness (QED) is 0.879. The summed E-state index contributed by atoms with van der Waals surface area (Å²) < 4.78 is 1.50. The molecule has 0 spiro atoms. The second kappa shape index (κ2) is 6.76. The first-order valence-corrected chi connectivity index (χ1v) is 7.28. The second-order valence-corrected chi connectivity index (χ2v) is 5.91. The van der Waals surface area contributed by atoms with Gasteiger partial charge in [-0.2, -0.15) is 0 Å². The van der Waals surface area contributed by atoms with Crippen molar-refractivity contribution in [2.45, 2.75) is 19.4 Å². The third-order valence-corrected chi connectivity index (χ3v) is 3.94. The molecule has 1 N–H and O–H groups in total. The molecule has 1 aromatic rings. The lowest BCUT2D eigenvalue weighted by atomic mass is 9.96. The van der Waals surface area contributed by atoms with Crippen molar-refractivity contribution >= 4 is 11.9 Å². The largest absolute Gasteiger partial charge is 0.477 e. The fraction of sp³-hybridized carbons (Fsp3) is 0.600. The molecular weight excluding hydrogens is 270 g/mol. The standard InChI is InChI=1S/C15H23N3O3/c1-16(2)10-12-5-8-17(9-6-12)14(19)11-18-7-3-4-13(18)15(20)21/h3-4,7,12H,5-6,8-11H2,1-2H3,(H,20,21). The van der Waals surface area contributed by atoms with E-state index in [1.165, 1.54) is 10.6 Å². The molecular formula is C15H23N3O3. The minimum absolute atomic E-state index is 0.00277. The normalized spacial score (nSPS) is 16.4. The van der Waals surface area contributed by atoms with Gasteiger partial charge in [0.15, 0.2) is 0 Å². The number of aromatic carboxylic acids is 1. The molecule has 116 valence electrons. The van der Waals surface area contributed by atoms with Gasteiger partial charge in [-0.3, -0.25) is 4.79 Å². The second-order valence-electron chi connectivity index (χ2n) is 5.91. The lowest BCUT2D eigenvalue weighted by Gasteiger charge is -2.33.